The molecule has 0 spiro atoms. The van der Waals surface area contributed by atoms with Crippen LogP contribution in [0.2, 0.25) is 0 Å². The quantitative estimate of drug-likeness (QED) is 0.780. The average molecular weight is 196 g/mol. The van der Waals surface area contributed by atoms with Gasteiger partial charge in [-0.15, -0.1) is 10.2 Å². The van der Waals surface area contributed by atoms with E-state index < -0.39 is 0 Å². The van der Waals surface area contributed by atoms with Gasteiger partial charge in [0.15, 0.2) is 0 Å². The fourth-order valence-electron chi connectivity index (χ4n) is 1.47. The van der Waals surface area contributed by atoms with Crippen LogP contribution in [0.3, 0.4) is 0 Å². The van der Waals surface area contributed by atoms with Gasteiger partial charge in [-0.1, -0.05) is 20.8 Å². The normalized spacial score (nSPS) is 12.1. The Morgan fingerprint density at radius 1 is 1.29 bits per heavy atom. The first-order chi connectivity index (χ1) is 6.46. The topological polar surface area (TPSA) is 42.7 Å². The molecule has 4 nitrogen and oxygen atoms in total. The van der Waals surface area contributed by atoms with E-state index in [2.05, 4.69) is 40.9 Å². The van der Waals surface area contributed by atoms with E-state index in [1.165, 1.54) is 0 Å². The lowest BCUT2D eigenvalue weighted by Gasteiger charge is -2.17. The minimum Gasteiger partial charge on any atom is -0.319 e. The number of hydrogen-bond acceptors (Lipinski definition) is 3. The van der Waals surface area contributed by atoms with E-state index in [-0.39, 0.29) is 5.41 Å². The van der Waals surface area contributed by atoms with E-state index in [1.54, 1.807) is 0 Å². The molecule has 0 bridgehead atoms. The molecule has 0 amide bonds. The molecule has 0 saturated carbocycles. The van der Waals surface area contributed by atoms with Crippen molar-refractivity contribution >= 4 is 0 Å². The van der Waals surface area contributed by atoms with E-state index in [0.29, 0.717) is 0 Å². The summed E-state index contributed by atoms with van der Waals surface area (Å²) in [6.07, 6.45) is 0.927. The van der Waals surface area contributed by atoms with Gasteiger partial charge < -0.3 is 9.88 Å². The molecule has 0 unspecified atom stereocenters. The van der Waals surface area contributed by atoms with Crippen molar-refractivity contribution in [3.8, 4) is 0 Å². The largest absolute Gasteiger partial charge is 0.319 e. The van der Waals surface area contributed by atoms with Crippen LogP contribution in [-0.4, -0.2) is 28.4 Å². The highest BCUT2D eigenvalue weighted by molar-refractivity contribution is 5.05. The van der Waals surface area contributed by atoms with Crippen molar-refractivity contribution < 1.29 is 0 Å². The molecule has 0 aliphatic rings. The summed E-state index contributed by atoms with van der Waals surface area (Å²) in [6, 6.07) is 0. The van der Waals surface area contributed by atoms with E-state index in [4.69, 9.17) is 0 Å². The van der Waals surface area contributed by atoms with Crippen molar-refractivity contribution in [2.24, 2.45) is 7.05 Å². The number of hydrogen-bond donors (Lipinski definition) is 1. The average Bonchev–Trinajstić information content (AvgIpc) is 2.42. The summed E-state index contributed by atoms with van der Waals surface area (Å²) in [4.78, 5) is 0. The van der Waals surface area contributed by atoms with Crippen molar-refractivity contribution in [2.75, 3.05) is 13.6 Å². The summed E-state index contributed by atoms with van der Waals surface area (Å²) < 4.78 is 2.09. The molecule has 0 radical (unpaired) electrons. The van der Waals surface area contributed by atoms with E-state index in [0.717, 1.165) is 24.6 Å². The first-order valence-electron chi connectivity index (χ1n) is 5.00. The monoisotopic (exact) mass is 196 g/mol. The maximum absolute atomic E-state index is 4.23. The second-order valence-electron chi connectivity index (χ2n) is 4.60. The highest BCUT2D eigenvalue weighted by atomic mass is 15.3. The van der Waals surface area contributed by atoms with Crippen molar-refractivity contribution in [1.82, 2.24) is 20.1 Å². The zero-order valence-corrected chi connectivity index (χ0v) is 9.76. The van der Waals surface area contributed by atoms with Gasteiger partial charge >= 0.3 is 0 Å². The van der Waals surface area contributed by atoms with Crippen molar-refractivity contribution in [3.63, 3.8) is 0 Å². The van der Waals surface area contributed by atoms with Crippen molar-refractivity contribution in [2.45, 2.75) is 32.6 Å². The zero-order valence-electron chi connectivity index (χ0n) is 9.76. The van der Waals surface area contributed by atoms with Crippen LogP contribution >= 0.6 is 0 Å². The Balaban J connectivity index is 2.86. The van der Waals surface area contributed by atoms with Gasteiger partial charge in [-0.05, 0) is 7.05 Å². The molecule has 0 fully saturated rings. The summed E-state index contributed by atoms with van der Waals surface area (Å²) in [5.74, 6) is 2.09. The Morgan fingerprint density at radius 2 is 1.93 bits per heavy atom. The molecule has 0 atom stereocenters. The first-order valence-corrected chi connectivity index (χ1v) is 5.00. The Labute approximate surface area is 85.7 Å². The predicted octanol–water partition coefficient (Wildman–Crippen LogP) is 0.874. The molecular weight excluding hydrogens is 176 g/mol. The zero-order chi connectivity index (χ0) is 10.8. The molecule has 1 N–H and O–H groups in total. The highest BCUT2D eigenvalue weighted by Gasteiger charge is 2.21. The number of nitrogens with zero attached hydrogens (tertiary/aromatic N) is 3. The van der Waals surface area contributed by atoms with Crippen LogP contribution in [0.1, 0.15) is 32.4 Å². The lowest BCUT2D eigenvalue weighted by molar-refractivity contribution is 0.516. The third-order valence-electron chi connectivity index (χ3n) is 2.23. The van der Waals surface area contributed by atoms with Gasteiger partial charge in [0.05, 0.1) is 0 Å². The molecule has 1 heterocycles. The maximum atomic E-state index is 4.23. The van der Waals surface area contributed by atoms with Gasteiger partial charge in [0.1, 0.15) is 11.6 Å². The van der Waals surface area contributed by atoms with Crippen molar-refractivity contribution in [1.29, 1.82) is 0 Å². The molecule has 0 aliphatic carbocycles. The second kappa shape index (κ2) is 4.09. The molecule has 0 aliphatic heterocycles. The van der Waals surface area contributed by atoms with Crippen LogP contribution in [0.5, 0.6) is 0 Å². The lowest BCUT2D eigenvalue weighted by Crippen LogP contribution is -2.19. The minimum atomic E-state index is 0.0691. The Bertz CT molecular complexity index is 296. The minimum absolute atomic E-state index is 0.0691. The van der Waals surface area contributed by atoms with Gasteiger partial charge in [0, 0.05) is 25.4 Å². The number of likely N-dealkylation sites (N-methyl/N-ethyl adjacent to an activating group) is 1. The van der Waals surface area contributed by atoms with Crippen LogP contribution < -0.4 is 5.32 Å². The first kappa shape index (κ1) is 11.2. The van der Waals surface area contributed by atoms with E-state index in [1.807, 2.05) is 14.1 Å². The summed E-state index contributed by atoms with van der Waals surface area (Å²) >= 11 is 0. The third-order valence-corrected chi connectivity index (χ3v) is 2.23. The summed E-state index contributed by atoms with van der Waals surface area (Å²) in [7, 11) is 3.98. The number of rotatable bonds is 3. The standard InChI is InChI=1S/C10H20N4/c1-10(2,3)9-13-12-8(14(9)5)6-7-11-4/h11H,6-7H2,1-5H3. The number of nitrogens with one attached hydrogen (secondary N) is 1. The molecule has 0 aromatic carbocycles. The predicted molar refractivity (Wildman–Crippen MR) is 57.3 cm³/mol. The van der Waals surface area contributed by atoms with Gasteiger partial charge in [0.2, 0.25) is 0 Å². The molecule has 80 valence electrons. The molecule has 1 aromatic rings. The summed E-state index contributed by atoms with van der Waals surface area (Å²) in [5.41, 5.74) is 0.0691. The lowest BCUT2D eigenvalue weighted by atomic mass is 9.96. The fourth-order valence-corrected chi connectivity index (χ4v) is 1.47. The Kier molecular flexibility index (Phi) is 3.26. The van der Waals surface area contributed by atoms with Gasteiger partial charge in [-0.2, -0.15) is 0 Å². The van der Waals surface area contributed by atoms with Crippen LogP contribution in [0.15, 0.2) is 0 Å². The van der Waals surface area contributed by atoms with E-state index in [9.17, 15) is 0 Å². The molecule has 1 aromatic heterocycles. The smallest absolute Gasteiger partial charge is 0.138 e. The van der Waals surface area contributed by atoms with Crippen LogP contribution in [0.25, 0.3) is 0 Å². The Hall–Kier alpha value is -0.900. The SMILES string of the molecule is CNCCc1nnc(C(C)(C)C)n1C. The third kappa shape index (κ3) is 2.32. The van der Waals surface area contributed by atoms with Gasteiger partial charge in [-0.25, -0.2) is 0 Å². The van der Waals surface area contributed by atoms with Gasteiger partial charge in [-0.3, -0.25) is 0 Å². The summed E-state index contributed by atoms with van der Waals surface area (Å²) in [6.45, 7) is 7.40. The van der Waals surface area contributed by atoms with Crippen LogP contribution in [0, 0.1) is 0 Å². The van der Waals surface area contributed by atoms with Crippen molar-refractivity contribution in [3.05, 3.63) is 11.6 Å². The van der Waals surface area contributed by atoms with Crippen LogP contribution in [0.4, 0.5) is 0 Å². The molecule has 0 saturated heterocycles. The molecule has 14 heavy (non-hydrogen) atoms. The Morgan fingerprint density at radius 3 is 2.36 bits per heavy atom. The molecule has 4 heteroatoms. The second-order valence-corrected chi connectivity index (χ2v) is 4.60. The van der Waals surface area contributed by atoms with E-state index >= 15 is 0 Å². The summed E-state index contributed by atoms with van der Waals surface area (Å²) in [5, 5.41) is 11.5. The molecular formula is C10H20N4. The highest BCUT2D eigenvalue weighted by Crippen LogP contribution is 2.19. The molecule has 1 rings (SSSR count). The van der Waals surface area contributed by atoms with Gasteiger partial charge in [0.25, 0.3) is 0 Å². The fraction of sp³-hybridized carbons (Fsp3) is 0.800. The number of aromatic nitrogens is 3. The maximum Gasteiger partial charge on any atom is 0.138 e. The van der Waals surface area contributed by atoms with Crippen LogP contribution in [-0.2, 0) is 18.9 Å².